The molecule has 5 heteroatoms. The summed E-state index contributed by atoms with van der Waals surface area (Å²) in [5.41, 5.74) is 7.30. The van der Waals surface area contributed by atoms with Gasteiger partial charge < -0.3 is 15.7 Å². The number of piperidine rings is 1. The number of nitrogens with zero attached hydrogens (tertiary/aromatic N) is 2. The fourth-order valence-corrected chi connectivity index (χ4v) is 2.84. The highest BCUT2D eigenvalue weighted by molar-refractivity contribution is 5.95. The number of nitrogens with two attached hydrogens (primary N) is 1. The summed E-state index contributed by atoms with van der Waals surface area (Å²) >= 11 is 0. The van der Waals surface area contributed by atoms with Crippen LogP contribution in [0.4, 0.5) is 5.82 Å². The lowest BCUT2D eigenvalue weighted by Crippen LogP contribution is -2.40. The van der Waals surface area contributed by atoms with Crippen molar-refractivity contribution in [1.82, 2.24) is 9.88 Å². The number of hydrogen-bond acceptors (Lipinski definition) is 4. The Kier molecular flexibility index (Phi) is 5.17. The van der Waals surface area contributed by atoms with E-state index in [-0.39, 0.29) is 18.4 Å². The van der Waals surface area contributed by atoms with Crippen molar-refractivity contribution < 1.29 is 9.90 Å². The average molecular weight is 291 g/mol. The number of aliphatic hydroxyl groups excluding tert-OH is 1. The van der Waals surface area contributed by atoms with Crippen molar-refractivity contribution in [2.24, 2.45) is 5.92 Å². The Labute approximate surface area is 126 Å². The minimum absolute atomic E-state index is 0.0219. The molecule has 0 bridgehead atoms. The number of aromatic nitrogens is 1. The van der Waals surface area contributed by atoms with Crippen LogP contribution in [-0.2, 0) is 0 Å². The molecule has 0 radical (unpaired) electrons. The van der Waals surface area contributed by atoms with Crippen molar-refractivity contribution in [2.75, 3.05) is 25.4 Å². The molecule has 1 aromatic heterocycles. The molecule has 2 heterocycles. The number of nitrogen functional groups attached to an aromatic ring is 1. The first-order valence-electron chi connectivity index (χ1n) is 7.69. The standard InChI is InChI=1S/C16H25N3O2/c1-11(2)14-8-13(9-15(17)18-14)16(21)19-6-3-4-12(10-19)5-7-20/h8-9,11-12,20H,3-7,10H2,1-2H3,(H2,17,18). The number of carbonyl (C=O) groups excluding carboxylic acids is 1. The van der Waals surface area contributed by atoms with Gasteiger partial charge in [0.2, 0.25) is 0 Å². The summed E-state index contributed by atoms with van der Waals surface area (Å²) in [4.78, 5) is 18.8. The maximum atomic E-state index is 12.7. The molecule has 5 nitrogen and oxygen atoms in total. The van der Waals surface area contributed by atoms with Crippen LogP contribution in [0.25, 0.3) is 0 Å². The van der Waals surface area contributed by atoms with Crippen molar-refractivity contribution in [3.05, 3.63) is 23.4 Å². The van der Waals surface area contributed by atoms with Gasteiger partial charge in [-0.3, -0.25) is 4.79 Å². The summed E-state index contributed by atoms with van der Waals surface area (Å²) in [6, 6.07) is 3.50. The molecule has 0 aromatic carbocycles. The minimum Gasteiger partial charge on any atom is -0.396 e. The molecule has 1 saturated heterocycles. The topological polar surface area (TPSA) is 79.5 Å². The highest BCUT2D eigenvalue weighted by Gasteiger charge is 2.24. The third-order valence-electron chi connectivity index (χ3n) is 4.05. The Morgan fingerprint density at radius 1 is 1.52 bits per heavy atom. The van der Waals surface area contributed by atoms with E-state index in [0.29, 0.717) is 17.3 Å². The molecule has 21 heavy (non-hydrogen) atoms. The second-order valence-corrected chi connectivity index (χ2v) is 6.13. The molecule has 1 fully saturated rings. The van der Waals surface area contributed by atoms with Gasteiger partial charge in [0.15, 0.2) is 0 Å². The largest absolute Gasteiger partial charge is 0.396 e. The maximum absolute atomic E-state index is 12.7. The number of aliphatic hydroxyl groups is 1. The molecule has 116 valence electrons. The number of amides is 1. The SMILES string of the molecule is CC(C)c1cc(C(=O)N2CCCC(CCO)C2)cc(N)n1. The van der Waals surface area contributed by atoms with E-state index >= 15 is 0 Å². The number of carbonyl (C=O) groups is 1. The summed E-state index contributed by atoms with van der Waals surface area (Å²) < 4.78 is 0. The lowest BCUT2D eigenvalue weighted by Gasteiger charge is -2.32. The second-order valence-electron chi connectivity index (χ2n) is 6.13. The van der Waals surface area contributed by atoms with Gasteiger partial charge in [0.1, 0.15) is 5.82 Å². The van der Waals surface area contributed by atoms with Crippen LogP contribution in [0.2, 0.25) is 0 Å². The van der Waals surface area contributed by atoms with E-state index in [4.69, 9.17) is 10.8 Å². The highest BCUT2D eigenvalue weighted by atomic mass is 16.3. The van der Waals surface area contributed by atoms with E-state index in [1.165, 1.54) is 0 Å². The molecule has 1 aliphatic heterocycles. The zero-order valence-electron chi connectivity index (χ0n) is 12.9. The zero-order valence-corrected chi connectivity index (χ0v) is 12.9. The van der Waals surface area contributed by atoms with Crippen LogP contribution in [-0.4, -0.2) is 40.6 Å². The van der Waals surface area contributed by atoms with Gasteiger partial charge >= 0.3 is 0 Å². The number of hydrogen-bond donors (Lipinski definition) is 2. The van der Waals surface area contributed by atoms with E-state index in [1.807, 2.05) is 24.8 Å². The molecule has 1 unspecified atom stereocenters. The van der Waals surface area contributed by atoms with Crippen LogP contribution in [0.5, 0.6) is 0 Å². The molecule has 1 aliphatic rings. The molecule has 2 rings (SSSR count). The Bertz CT molecular complexity index is 500. The Morgan fingerprint density at radius 3 is 2.95 bits per heavy atom. The third-order valence-corrected chi connectivity index (χ3v) is 4.05. The lowest BCUT2D eigenvalue weighted by atomic mass is 9.94. The Balaban J connectivity index is 2.15. The first-order valence-corrected chi connectivity index (χ1v) is 7.69. The summed E-state index contributed by atoms with van der Waals surface area (Å²) in [5.74, 6) is 1.06. The molecule has 0 saturated carbocycles. The van der Waals surface area contributed by atoms with Crippen molar-refractivity contribution in [1.29, 1.82) is 0 Å². The smallest absolute Gasteiger partial charge is 0.254 e. The second kappa shape index (κ2) is 6.89. The van der Waals surface area contributed by atoms with Crippen LogP contribution in [0.1, 0.15) is 55.1 Å². The molecule has 0 spiro atoms. The number of rotatable bonds is 4. The molecule has 1 aromatic rings. The van der Waals surface area contributed by atoms with E-state index in [1.54, 1.807) is 6.07 Å². The highest BCUT2D eigenvalue weighted by Crippen LogP contribution is 2.23. The van der Waals surface area contributed by atoms with Gasteiger partial charge in [-0.05, 0) is 43.2 Å². The predicted molar refractivity (Wildman–Crippen MR) is 83.1 cm³/mol. The van der Waals surface area contributed by atoms with Gasteiger partial charge in [0.25, 0.3) is 5.91 Å². The minimum atomic E-state index is 0.0219. The summed E-state index contributed by atoms with van der Waals surface area (Å²) in [6.45, 7) is 5.76. The summed E-state index contributed by atoms with van der Waals surface area (Å²) in [6.07, 6.45) is 2.84. The van der Waals surface area contributed by atoms with E-state index in [9.17, 15) is 4.79 Å². The molecule has 0 aliphatic carbocycles. The van der Waals surface area contributed by atoms with Crippen LogP contribution < -0.4 is 5.73 Å². The van der Waals surface area contributed by atoms with Crippen LogP contribution >= 0.6 is 0 Å². The van der Waals surface area contributed by atoms with Crippen molar-refractivity contribution in [3.63, 3.8) is 0 Å². The fourth-order valence-electron chi connectivity index (χ4n) is 2.84. The van der Waals surface area contributed by atoms with Gasteiger partial charge in [-0.2, -0.15) is 0 Å². The van der Waals surface area contributed by atoms with Crippen LogP contribution in [0, 0.1) is 5.92 Å². The Hall–Kier alpha value is -1.62. The van der Waals surface area contributed by atoms with E-state index in [0.717, 1.165) is 38.0 Å². The van der Waals surface area contributed by atoms with E-state index in [2.05, 4.69) is 4.98 Å². The van der Waals surface area contributed by atoms with Crippen molar-refractivity contribution in [3.8, 4) is 0 Å². The van der Waals surface area contributed by atoms with Crippen molar-refractivity contribution >= 4 is 11.7 Å². The monoisotopic (exact) mass is 291 g/mol. The number of anilines is 1. The molecular formula is C16H25N3O2. The van der Waals surface area contributed by atoms with Gasteiger partial charge in [-0.25, -0.2) is 4.98 Å². The third kappa shape index (κ3) is 3.94. The van der Waals surface area contributed by atoms with Crippen LogP contribution in [0.3, 0.4) is 0 Å². The molecule has 1 amide bonds. The molecule has 3 N–H and O–H groups in total. The van der Waals surface area contributed by atoms with Gasteiger partial charge in [0.05, 0.1) is 0 Å². The maximum Gasteiger partial charge on any atom is 0.254 e. The summed E-state index contributed by atoms with van der Waals surface area (Å²) in [5, 5.41) is 9.07. The molecule has 1 atom stereocenters. The average Bonchev–Trinajstić information content (AvgIpc) is 2.46. The van der Waals surface area contributed by atoms with Gasteiger partial charge in [-0.1, -0.05) is 13.8 Å². The van der Waals surface area contributed by atoms with Gasteiger partial charge in [-0.15, -0.1) is 0 Å². The van der Waals surface area contributed by atoms with E-state index < -0.39 is 0 Å². The molecular weight excluding hydrogens is 266 g/mol. The summed E-state index contributed by atoms with van der Waals surface area (Å²) in [7, 11) is 0. The zero-order chi connectivity index (χ0) is 15.4. The normalized spacial score (nSPS) is 19.0. The van der Waals surface area contributed by atoms with Crippen molar-refractivity contribution in [2.45, 2.75) is 39.0 Å². The lowest BCUT2D eigenvalue weighted by molar-refractivity contribution is 0.0653. The first-order chi connectivity index (χ1) is 10.0. The predicted octanol–water partition coefficient (Wildman–Crippen LogP) is 2.02. The van der Waals surface area contributed by atoms with Crippen LogP contribution in [0.15, 0.2) is 12.1 Å². The number of likely N-dealkylation sites (tertiary alicyclic amines) is 1. The quantitative estimate of drug-likeness (QED) is 0.889. The van der Waals surface area contributed by atoms with Gasteiger partial charge in [0, 0.05) is 31.0 Å². The first kappa shape index (κ1) is 15.8. The Morgan fingerprint density at radius 2 is 2.29 bits per heavy atom. The number of pyridine rings is 1. The fraction of sp³-hybridized carbons (Fsp3) is 0.625.